The SMILES string of the molecule is NS(=O)(=O)c1ccc(NCCNc2ncc(Cl)cc2Cl)c(C(F)(F)F)c1. The molecule has 142 valence electrons. The molecule has 0 amide bonds. The van der Waals surface area contributed by atoms with E-state index in [4.69, 9.17) is 28.3 Å². The Kier molecular flexibility index (Phi) is 6.22. The van der Waals surface area contributed by atoms with E-state index in [0.717, 1.165) is 12.1 Å². The molecule has 0 aliphatic rings. The van der Waals surface area contributed by atoms with Crippen LogP contribution in [0.1, 0.15) is 5.56 Å². The molecule has 0 fully saturated rings. The Morgan fingerprint density at radius 2 is 1.77 bits per heavy atom. The zero-order chi connectivity index (χ0) is 19.5. The van der Waals surface area contributed by atoms with Crippen molar-refractivity contribution in [3.8, 4) is 0 Å². The number of nitrogens with zero attached hydrogens (tertiary/aromatic N) is 1. The summed E-state index contributed by atoms with van der Waals surface area (Å²) in [5, 5.41) is 10.9. The molecule has 1 aromatic carbocycles. The van der Waals surface area contributed by atoms with Crippen molar-refractivity contribution >= 4 is 44.7 Å². The molecule has 0 bridgehead atoms. The number of nitrogens with two attached hydrogens (primary N) is 1. The van der Waals surface area contributed by atoms with Gasteiger partial charge in [-0.1, -0.05) is 23.2 Å². The summed E-state index contributed by atoms with van der Waals surface area (Å²) in [4.78, 5) is 3.33. The highest BCUT2D eigenvalue weighted by molar-refractivity contribution is 7.89. The molecule has 0 unspecified atom stereocenters. The highest BCUT2D eigenvalue weighted by Crippen LogP contribution is 2.36. The summed E-state index contributed by atoms with van der Waals surface area (Å²) in [5.41, 5.74) is -1.41. The molecule has 0 saturated heterocycles. The maximum Gasteiger partial charge on any atom is 0.418 e. The average Bonchev–Trinajstić information content (AvgIpc) is 2.51. The molecule has 4 N–H and O–H groups in total. The van der Waals surface area contributed by atoms with Crippen LogP contribution in [0.4, 0.5) is 24.7 Å². The summed E-state index contributed by atoms with van der Waals surface area (Å²) in [6, 6.07) is 3.97. The largest absolute Gasteiger partial charge is 0.418 e. The number of sulfonamides is 1. The molecule has 6 nitrogen and oxygen atoms in total. The molecule has 1 aromatic heterocycles. The third-order valence-electron chi connectivity index (χ3n) is 3.17. The van der Waals surface area contributed by atoms with Gasteiger partial charge in [-0.05, 0) is 24.3 Å². The number of benzene rings is 1. The van der Waals surface area contributed by atoms with Crippen LogP contribution in [0.15, 0.2) is 35.4 Å². The Labute approximate surface area is 157 Å². The third-order valence-corrected chi connectivity index (χ3v) is 4.57. The van der Waals surface area contributed by atoms with Gasteiger partial charge in [0.05, 0.1) is 20.5 Å². The summed E-state index contributed by atoms with van der Waals surface area (Å²) in [7, 11) is -4.25. The quantitative estimate of drug-likeness (QED) is 0.610. The van der Waals surface area contributed by atoms with Crippen LogP contribution in [0, 0.1) is 0 Å². The van der Waals surface area contributed by atoms with E-state index in [1.54, 1.807) is 0 Å². The van der Waals surface area contributed by atoms with Crippen LogP contribution in [0.5, 0.6) is 0 Å². The first-order valence-electron chi connectivity index (χ1n) is 7.01. The standard InChI is InChI=1S/C14H13Cl2F3N4O2S/c15-8-5-11(16)13(23-7-8)22-4-3-21-12-2-1-9(26(20,24)25)6-10(12)14(17,18)19/h1-2,5-7,21H,3-4H2,(H,22,23)(H2,20,24,25). The lowest BCUT2D eigenvalue weighted by molar-refractivity contribution is -0.137. The second kappa shape index (κ2) is 7.87. The molecule has 0 aliphatic heterocycles. The Morgan fingerprint density at radius 3 is 2.35 bits per heavy atom. The Morgan fingerprint density at radius 1 is 1.12 bits per heavy atom. The summed E-state index contributed by atoms with van der Waals surface area (Å²) >= 11 is 11.6. The van der Waals surface area contributed by atoms with E-state index in [2.05, 4.69) is 15.6 Å². The van der Waals surface area contributed by atoms with E-state index in [0.29, 0.717) is 16.9 Å². The van der Waals surface area contributed by atoms with E-state index in [1.807, 2.05) is 0 Å². The number of hydrogen-bond acceptors (Lipinski definition) is 5. The van der Waals surface area contributed by atoms with E-state index >= 15 is 0 Å². The number of hydrogen-bond donors (Lipinski definition) is 3. The van der Waals surface area contributed by atoms with Gasteiger partial charge in [0.2, 0.25) is 10.0 Å². The molecular formula is C14H13Cl2F3N4O2S. The summed E-state index contributed by atoms with van der Waals surface area (Å²) in [6.45, 7) is 0.279. The molecular weight excluding hydrogens is 416 g/mol. The predicted molar refractivity (Wildman–Crippen MR) is 94.1 cm³/mol. The van der Waals surface area contributed by atoms with Crippen LogP contribution in [-0.2, 0) is 16.2 Å². The van der Waals surface area contributed by atoms with Gasteiger partial charge < -0.3 is 10.6 Å². The number of primary sulfonamides is 1. The molecule has 2 aromatic rings. The van der Waals surface area contributed by atoms with Gasteiger partial charge in [-0.15, -0.1) is 0 Å². The number of alkyl halides is 3. The van der Waals surface area contributed by atoms with E-state index in [1.165, 1.54) is 12.3 Å². The maximum atomic E-state index is 13.2. The fraction of sp³-hybridized carbons (Fsp3) is 0.214. The fourth-order valence-electron chi connectivity index (χ4n) is 2.01. The lowest BCUT2D eigenvalue weighted by Crippen LogP contribution is -2.19. The topological polar surface area (TPSA) is 97.1 Å². The van der Waals surface area contributed by atoms with Crippen molar-refractivity contribution in [3.05, 3.63) is 46.1 Å². The summed E-state index contributed by atoms with van der Waals surface area (Å²) < 4.78 is 61.9. The molecule has 0 saturated carbocycles. The highest BCUT2D eigenvalue weighted by atomic mass is 35.5. The third kappa shape index (κ3) is 5.37. The summed E-state index contributed by atoms with van der Waals surface area (Å²) in [5.74, 6) is 0.332. The van der Waals surface area contributed by atoms with Crippen molar-refractivity contribution in [1.82, 2.24) is 4.98 Å². The van der Waals surface area contributed by atoms with Gasteiger partial charge >= 0.3 is 6.18 Å². The second-order valence-electron chi connectivity index (χ2n) is 5.09. The predicted octanol–water partition coefficient (Wildman–Crippen LogP) is 3.58. The zero-order valence-corrected chi connectivity index (χ0v) is 15.3. The lowest BCUT2D eigenvalue weighted by Gasteiger charge is -2.16. The van der Waals surface area contributed by atoms with Crippen molar-refractivity contribution in [2.45, 2.75) is 11.1 Å². The number of rotatable bonds is 6. The van der Waals surface area contributed by atoms with Crippen LogP contribution in [0.25, 0.3) is 0 Å². The Bertz CT molecular complexity index is 908. The lowest BCUT2D eigenvalue weighted by atomic mass is 10.1. The molecule has 12 heteroatoms. The Hall–Kier alpha value is -1.75. The normalized spacial score (nSPS) is 12.1. The van der Waals surface area contributed by atoms with Crippen molar-refractivity contribution in [2.24, 2.45) is 5.14 Å². The highest BCUT2D eigenvalue weighted by Gasteiger charge is 2.34. The van der Waals surface area contributed by atoms with E-state index in [-0.39, 0.29) is 23.8 Å². The van der Waals surface area contributed by atoms with E-state index < -0.39 is 26.7 Å². The van der Waals surface area contributed by atoms with Gasteiger partial charge in [0, 0.05) is 25.0 Å². The second-order valence-corrected chi connectivity index (χ2v) is 7.49. The molecule has 0 atom stereocenters. The van der Waals surface area contributed by atoms with Gasteiger partial charge in [0.15, 0.2) is 0 Å². The van der Waals surface area contributed by atoms with E-state index in [9.17, 15) is 21.6 Å². The smallest absolute Gasteiger partial charge is 0.383 e. The van der Waals surface area contributed by atoms with Gasteiger partial charge in [-0.25, -0.2) is 18.5 Å². The van der Waals surface area contributed by atoms with Gasteiger partial charge in [-0.3, -0.25) is 0 Å². The molecule has 0 aliphatic carbocycles. The number of pyridine rings is 1. The molecule has 0 spiro atoms. The molecule has 26 heavy (non-hydrogen) atoms. The van der Waals surface area contributed by atoms with Crippen molar-refractivity contribution in [3.63, 3.8) is 0 Å². The van der Waals surface area contributed by atoms with Gasteiger partial charge in [-0.2, -0.15) is 13.2 Å². The number of anilines is 2. The summed E-state index contributed by atoms with van der Waals surface area (Å²) in [6.07, 6.45) is -3.38. The van der Waals surface area contributed by atoms with Crippen LogP contribution < -0.4 is 15.8 Å². The van der Waals surface area contributed by atoms with Gasteiger partial charge in [0.1, 0.15) is 5.82 Å². The zero-order valence-electron chi connectivity index (χ0n) is 12.9. The van der Waals surface area contributed by atoms with Crippen molar-refractivity contribution < 1.29 is 21.6 Å². The minimum absolute atomic E-state index is 0.0818. The molecule has 2 rings (SSSR count). The average molecular weight is 429 g/mol. The monoisotopic (exact) mass is 428 g/mol. The molecule has 1 heterocycles. The first kappa shape index (κ1) is 20.6. The van der Waals surface area contributed by atoms with Crippen LogP contribution in [-0.4, -0.2) is 26.5 Å². The van der Waals surface area contributed by atoms with Crippen molar-refractivity contribution in [1.29, 1.82) is 0 Å². The first-order valence-corrected chi connectivity index (χ1v) is 9.31. The van der Waals surface area contributed by atoms with Crippen LogP contribution >= 0.6 is 23.2 Å². The first-order chi connectivity index (χ1) is 12.0. The van der Waals surface area contributed by atoms with Gasteiger partial charge in [0.25, 0.3) is 0 Å². The van der Waals surface area contributed by atoms with Crippen LogP contribution in [0.2, 0.25) is 10.0 Å². The number of halogens is 5. The maximum absolute atomic E-state index is 13.2. The number of nitrogens with one attached hydrogen (secondary N) is 2. The van der Waals surface area contributed by atoms with Crippen molar-refractivity contribution in [2.75, 3.05) is 23.7 Å². The number of aromatic nitrogens is 1. The fourth-order valence-corrected chi connectivity index (χ4v) is 3.00. The Balaban J connectivity index is 2.09. The molecule has 0 radical (unpaired) electrons. The van der Waals surface area contributed by atoms with Crippen LogP contribution in [0.3, 0.4) is 0 Å². The minimum atomic E-state index is -4.75. The minimum Gasteiger partial charge on any atom is -0.383 e.